The molecule has 25 heavy (non-hydrogen) atoms. The Morgan fingerprint density at radius 3 is 2.52 bits per heavy atom. The van der Waals surface area contributed by atoms with Gasteiger partial charge in [0.15, 0.2) is 0 Å². The van der Waals surface area contributed by atoms with Crippen LogP contribution in [0.5, 0.6) is 11.6 Å². The van der Waals surface area contributed by atoms with E-state index in [0.29, 0.717) is 11.3 Å². The number of para-hydroxylation sites is 1. The first-order valence-corrected chi connectivity index (χ1v) is 7.97. The van der Waals surface area contributed by atoms with E-state index in [1.54, 1.807) is 31.5 Å². The molecule has 0 bridgehead atoms. The van der Waals surface area contributed by atoms with Crippen LogP contribution in [0.3, 0.4) is 0 Å². The molecule has 0 aliphatic rings. The van der Waals surface area contributed by atoms with E-state index in [9.17, 15) is 9.90 Å². The molecular formula is C20H19NO4. The van der Waals surface area contributed by atoms with Gasteiger partial charge in [0.25, 0.3) is 0 Å². The van der Waals surface area contributed by atoms with Crippen molar-refractivity contribution in [3.05, 3.63) is 54.2 Å². The summed E-state index contributed by atoms with van der Waals surface area (Å²) in [5.74, 6) is 0.164. The fraction of sp³-hybridized carbons (Fsp3) is 0.200. The van der Waals surface area contributed by atoms with Crippen LogP contribution in [0, 0.1) is 0 Å². The number of fused-ring (bicyclic) bond motifs is 1. The Morgan fingerprint density at radius 1 is 1.08 bits per heavy atom. The molecule has 0 saturated carbocycles. The molecule has 0 unspecified atom stereocenters. The molecule has 1 N–H and O–H groups in total. The number of rotatable bonds is 5. The van der Waals surface area contributed by atoms with E-state index in [2.05, 4.69) is 4.98 Å². The Kier molecular flexibility index (Phi) is 4.57. The molecule has 0 saturated heterocycles. The normalized spacial score (nSPS) is 10.9. The number of carbonyl (C=O) groups is 1. The molecule has 1 heterocycles. The van der Waals surface area contributed by atoms with Crippen molar-refractivity contribution in [1.82, 2.24) is 4.98 Å². The Morgan fingerprint density at radius 2 is 1.84 bits per heavy atom. The summed E-state index contributed by atoms with van der Waals surface area (Å²) < 4.78 is 11.2. The average molecular weight is 337 g/mol. The highest BCUT2D eigenvalue weighted by atomic mass is 16.5. The number of aromatic nitrogens is 1. The molecule has 1 aromatic heterocycles. The zero-order valence-corrected chi connectivity index (χ0v) is 14.3. The van der Waals surface area contributed by atoms with Crippen molar-refractivity contribution in [1.29, 1.82) is 0 Å². The monoisotopic (exact) mass is 337 g/mol. The molecule has 0 aliphatic heterocycles. The first-order chi connectivity index (χ1) is 12.0. The van der Waals surface area contributed by atoms with Gasteiger partial charge in [-0.1, -0.05) is 24.3 Å². The highest BCUT2D eigenvalue weighted by molar-refractivity contribution is 6.03. The first kappa shape index (κ1) is 16.8. The Labute approximate surface area is 145 Å². The van der Waals surface area contributed by atoms with E-state index in [4.69, 9.17) is 9.47 Å². The molecule has 0 aliphatic carbocycles. The standard InChI is InChI=1S/C20H19NO4/c1-12(2)25-19-16-10-13(20(22)23)8-9-14(16)17(11-21-19)15-6-4-5-7-18(15)24-3/h4-12H,1-3H3,(H,22,23). The first-order valence-electron chi connectivity index (χ1n) is 7.97. The van der Waals surface area contributed by atoms with E-state index in [1.807, 2.05) is 38.1 Å². The van der Waals surface area contributed by atoms with Crippen molar-refractivity contribution in [2.75, 3.05) is 7.11 Å². The Hall–Kier alpha value is -3.08. The van der Waals surface area contributed by atoms with Crippen LogP contribution in [-0.2, 0) is 0 Å². The lowest BCUT2D eigenvalue weighted by Crippen LogP contribution is -2.08. The molecule has 3 aromatic rings. The summed E-state index contributed by atoms with van der Waals surface area (Å²) in [5.41, 5.74) is 1.95. The summed E-state index contributed by atoms with van der Waals surface area (Å²) in [6.07, 6.45) is 1.67. The number of carboxylic acid groups (broad SMARTS) is 1. The summed E-state index contributed by atoms with van der Waals surface area (Å²) in [6, 6.07) is 12.6. The number of hydrogen-bond acceptors (Lipinski definition) is 4. The van der Waals surface area contributed by atoms with Gasteiger partial charge in [-0.15, -0.1) is 0 Å². The SMILES string of the molecule is COc1ccccc1-c1cnc(OC(C)C)c2cc(C(=O)O)ccc12. The number of ether oxygens (including phenoxy) is 2. The summed E-state index contributed by atoms with van der Waals surface area (Å²) in [6.45, 7) is 3.81. The number of pyridine rings is 1. The van der Waals surface area contributed by atoms with Gasteiger partial charge in [-0.3, -0.25) is 0 Å². The number of nitrogens with zero attached hydrogens (tertiary/aromatic N) is 1. The van der Waals surface area contributed by atoms with Crippen molar-refractivity contribution in [3.8, 4) is 22.8 Å². The van der Waals surface area contributed by atoms with Gasteiger partial charge < -0.3 is 14.6 Å². The lowest BCUT2D eigenvalue weighted by molar-refractivity contribution is 0.0697. The number of methoxy groups -OCH3 is 1. The van der Waals surface area contributed by atoms with E-state index >= 15 is 0 Å². The molecule has 0 fully saturated rings. The van der Waals surface area contributed by atoms with Crippen LogP contribution in [0.4, 0.5) is 0 Å². The second kappa shape index (κ2) is 6.81. The summed E-state index contributed by atoms with van der Waals surface area (Å²) in [5, 5.41) is 10.8. The predicted molar refractivity (Wildman–Crippen MR) is 96.5 cm³/mol. The van der Waals surface area contributed by atoms with Crippen molar-refractivity contribution in [2.24, 2.45) is 0 Å². The molecule has 3 rings (SSSR count). The molecular weight excluding hydrogens is 318 g/mol. The maximum absolute atomic E-state index is 11.4. The van der Waals surface area contributed by atoms with Gasteiger partial charge in [-0.05, 0) is 37.4 Å². The number of hydrogen-bond donors (Lipinski definition) is 1. The molecule has 5 nitrogen and oxygen atoms in total. The van der Waals surface area contributed by atoms with E-state index in [1.165, 1.54) is 0 Å². The third-order valence-corrected chi connectivity index (χ3v) is 3.84. The van der Waals surface area contributed by atoms with Gasteiger partial charge in [-0.2, -0.15) is 0 Å². The average Bonchev–Trinajstić information content (AvgIpc) is 2.61. The van der Waals surface area contributed by atoms with Crippen LogP contribution in [0.1, 0.15) is 24.2 Å². The largest absolute Gasteiger partial charge is 0.496 e. The van der Waals surface area contributed by atoms with E-state index in [-0.39, 0.29) is 11.7 Å². The van der Waals surface area contributed by atoms with Crippen LogP contribution in [0.2, 0.25) is 0 Å². The van der Waals surface area contributed by atoms with Gasteiger partial charge in [0, 0.05) is 22.7 Å². The molecule has 0 amide bonds. The second-order valence-corrected chi connectivity index (χ2v) is 5.91. The van der Waals surface area contributed by atoms with Crippen LogP contribution in [-0.4, -0.2) is 29.3 Å². The molecule has 2 aromatic carbocycles. The topological polar surface area (TPSA) is 68.7 Å². The van der Waals surface area contributed by atoms with Crippen LogP contribution in [0.25, 0.3) is 21.9 Å². The van der Waals surface area contributed by atoms with Gasteiger partial charge in [0.1, 0.15) is 5.75 Å². The molecule has 0 atom stereocenters. The minimum absolute atomic E-state index is 0.0682. The third-order valence-electron chi connectivity index (χ3n) is 3.84. The second-order valence-electron chi connectivity index (χ2n) is 5.91. The van der Waals surface area contributed by atoms with E-state index < -0.39 is 5.97 Å². The van der Waals surface area contributed by atoms with Crippen LogP contribution in [0.15, 0.2) is 48.7 Å². The van der Waals surface area contributed by atoms with Gasteiger partial charge >= 0.3 is 5.97 Å². The quantitative estimate of drug-likeness (QED) is 0.747. The van der Waals surface area contributed by atoms with E-state index in [0.717, 1.165) is 22.3 Å². The van der Waals surface area contributed by atoms with Crippen molar-refractivity contribution in [2.45, 2.75) is 20.0 Å². The smallest absolute Gasteiger partial charge is 0.335 e. The van der Waals surface area contributed by atoms with Crippen molar-refractivity contribution in [3.63, 3.8) is 0 Å². The van der Waals surface area contributed by atoms with Crippen LogP contribution >= 0.6 is 0 Å². The summed E-state index contributed by atoms with van der Waals surface area (Å²) in [4.78, 5) is 15.8. The molecule has 0 radical (unpaired) electrons. The predicted octanol–water partition coefficient (Wildman–Crippen LogP) is 4.40. The van der Waals surface area contributed by atoms with Crippen molar-refractivity contribution < 1.29 is 19.4 Å². The Balaban J connectivity index is 2.29. The van der Waals surface area contributed by atoms with Crippen molar-refractivity contribution >= 4 is 16.7 Å². The Bertz CT molecular complexity index is 934. The van der Waals surface area contributed by atoms with Gasteiger partial charge in [-0.25, -0.2) is 9.78 Å². The number of carboxylic acids is 1. The molecule has 128 valence electrons. The molecule has 0 spiro atoms. The fourth-order valence-electron chi connectivity index (χ4n) is 2.75. The minimum Gasteiger partial charge on any atom is -0.496 e. The highest BCUT2D eigenvalue weighted by Gasteiger charge is 2.16. The van der Waals surface area contributed by atoms with Crippen LogP contribution < -0.4 is 9.47 Å². The summed E-state index contributed by atoms with van der Waals surface area (Å²) in [7, 11) is 1.62. The van der Waals surface area contributed by atoms with Gasteiger partial charge in [0.05, 0.1) is 18.8 Å². The fourth-order valence-corrected chi connectivity index (χ4v) is 2.75. The third kappa shape index (κ3) is 3.26. The lowest BCUT2D eigenvalue weighted by Gasteiger charge is -2.15. The number of aromatic carboxylic acids is 1. The van der Waals surface area contributed by atoms with Gasteiger partial charge in [0.2, 0.25) is 5.88 Å². The lowest BCUT2D eigenvalue weighted by atomic mass is 9.98. The number of benzene rings is 2. The summed E-state index contributed by atoms with van der Waals surface area (Å²) >= 11 is 0. The maximum Gasteiger partial charge on any atom is 0.335 e. The molecule has 5 heteroatoms. The minimum atomic E-state index is -0.986. The zero-order valence-electron chi connectivity index (χ0n) is 14.3. The highest BCUT2D eigenvalue weighted by Crippen LogP contribution is 2.37. The zero-order chi connectivity index (χ0) is 18.0. The maximum atomic E-state index is 11.4.